The molecule has 1 aliphatic rings. The number of urea groups is 1. The van der Waals surface area contributed by atoms with Gasteiger partial charge in [0.05, 0.1) is 48.2 Å². The molecule has 1 aliphatic heterocycles. The number of methoxy groups -OCH3 is 1. The van der Waals surface area contributed by atoms with Gasteiger partial charge in [0.1, 0.15) is 17.1 Å². The first-order valence-electron chi connectivity index (χ1n) is 18.8. The smallest absolute Gasteiger partial charge is 0.405 e. The number of aliphatic hydroxyl groups excluding tert-OH is 1. The van der Waals surface area contributed by atoms with Crippen molar-refractivity contribution in [1.82, 2.24) is 40.8 Å². The van der Waals surface area contributed by atoms with Gasteiger partial charge in [-0.1, -0.05) is 85.7 Å². The quantitative estimate of drug-likeness (QED) is 0.111. The Morgan fingerprint density at radius 1 is 0.946 bits per heavy atom. The Hall–Kier alpha value is -4.16. The average Bonchev–Trinajstić information content (AvgIpc) is 3.84. The van der Waals surface area contributed by atoms with Crippen molar-refractivity contribution in [2.24, 2.45) is 10.8 Å². The maximum absolute atomic E-state index is 14.5. The van der Waals surface area contributed by atoms with Gasteiger partial charge in [0.25, 0.3) is 5.91 Å². The Morgan fingerprint density at radius 3 is 2.21 bits per heavy atom. The van der Waals surface area contributed by atoms with Crippen LogP contribution in [0.3, 0.4) is 0 Å². The van der Waals surface area contributed by atoms with Crippen molar-refractivity contribution in [3.05, 3.63) is 68.1 Å². The van der Waals surface area contributed by atoms with Crippen molar-refractivity contribution in [3.63, 3.8) is 0 Å². The molecule has 17 heteroatoms. The maximum Gasteiger partial charge on any atom is 0.405 e. The fourth-order valence-corrected chi connectivity index (χ4v) is 8.17. The van der Waals surface area contributed by atoms with E-state index in [1.54, 1.807) is 37.7 Å². The summed E-state index contributed by atoms with van der Waals surface area (Å²) in [6, 6.07) is 6.31. The van der Waals surface area contributed by atoms with Crippen LogP contribution in [0.25, 0.3) is 0 Å². The van der Waals surface area contributed by atoms with Gasteiger partial charge < -0.3 is 35.4 Å². The molecule has 1 fully saturated rings. The molecule has 2 aromatic heterocycles. The van der Waals surface area contributed by atoms with Crippen LogP contribution in [-0.4, -0.2) is 110 Å². The largest absolute Gasteiger partial charge is 0.465 e. The Labute approximate surface area is 337 Å². The second-order valence-corrected chi connectivity index (χ2v) is 18.5. The van der Waals surface area contributed by atoms with Crippen LogP contribution in [0.4, 0.5) is 9.59 Å². The number of carbonyl (C=O) groups excluding carboxylic acids is 3. The van der Waals surface area contributed by atoms with Crippen LogP contribution in [0.1, 0.15) is 88.3 Å². The number of amides is 5. The van der Waals surface area contributed by atoms with Crippen LogP contribution in [0.2, 0.25) is 0 Å². The summed E-state index contributed by atoms with van der Waals surface area (Å²) in [5.74, 6) is -0.837. The predicted molar refractivity (Wildman–Crippen MR) is 216 cm³/mol. The molecule has 1 saturated heterocycles. The summed E-state index contributed by atoms with van der Waals surface area (Å²) in [5.41, 5.74) is 3.65. The zero-order valence-corrected chi connectivity index (χ0v) is 35.5. The molecule has 308 valence electrons. The van der Waals surface area contributed by atoms with Gasteiger partial charge in [0, 0.05) is 43.4 Å². The molecule has 5 amide bonds. The van der Waals surface area contributed by atoms with Crippen molar-refractivity contribution in [1.29, 1.82) is 0 Å². The summed E-state index contributed by atoms with van der Waals surface area (Å²) in [6.07, 6.45) is -2.33. The van der Waals surface area contributed by atoms with Crippen LogP contribution >= 0.6 is 22.7 Å². The van der Waals surface area contributed by atoms with E-state index < -0.39 is 53.0 Å². The molecule has 0 unspecified atom stereocenters. The van der Waals surface area contributed by atoms with Crippen molar-refractivity contribution in [2.75, 3.05) is 26.7 Å². The SMILES string of the molecule is COCc1nc(CN2CCN([C@H](C(=O)N[C@@H](Cc3ccccc3)[C@@H](O)CN(Cc3csc(C(C)C)n3)NC(=O)[C@@H](NC(=O)O)C(C)(C)C)C(C)(C)C)C2=O)cs1. The molecule has 4 atom stereocenters. The van der Waals surface area contributed by atoms with Crippen LogP contribution in [0, 0.1) is 10.8 Å². The first kappa shape index (κ1) is 44.6. The topological polar surface area (TPSA) is 190 Å². The van der Waals surface area contributed by atoms with Gasteiger partial charge in [-0.25, -0.2) is 24.6 Å². The van der Waals surface area contributed by atoms with Crippen molar-refractivity contribution < 1.29 is 34.1 Å². The third-order valence-electron chi connectivity index (χ3n) is 9.31. The minimum absolute atomic E-state index is 0.108. The van der Waals surface area contributed by atoms with Gasteiger partial charge in [-0.2, -0.15) is 0 Å². The van der Waals surface area contributed by atoms with Gasteiger partial charge >= 0.3 is 12.1 Å². The monoisotopic (exact) mass is 814 g/mol. The lowest BCUT2D eigenvalue weighted by Crippen LogP contribution is -2.61. The van der Waals surface area contributed by atoms with Crippen molar-refractivity contribution >= 4 is 46.6 Å². The summed E-state index contributed by atoms with van der Waals surface area (Å²) in [4.78, 5) is 66.3. The highest BCUT2D eigenvalue weighted by Crippen LogP contribution is 2.29. The Morgan fingerprint density at radius 2 is 1.62 bits per heavy atom. The van der Waals surface area contributed by atoms with Gasteiger partial charge in [0.2, 0.25) is 5.91 Å². The van der Waals surface area contributed by atoms with Crippen LogP contribution in [0.5, 0.6) is 0 Å². The number of hydrogen-bond donors (Lipinski definition) is 5. The van der Waals surface area contributed by atoms with E-state index in [0.717, 1.165) is 21.3 Å². The van der Waals surface area contributed by atoms with Crippen molar-refractivity contribution in [3.8, 4) is 0 Å². The number of carbonyl (C=O) groups is 4. The zero-order valence-electron chi connectivity index (χ0n) is 33.9. The normalized spacial score (nSPS) is 15.9. The molecule has 0 bridgehead atoms. The van der Waals surface area contributed by atoms with E-state index in [0.29, 0.717) is 31.9 Å². The third-order valence-corrected chi connectivity index (χ3v) is 11.4. The van der Waals surface area contributed by atoms with Gasteiger partial charge in [-0.15, -0.1) is 22.7 Å². The Balaban J connectivity index is 1.60. The number of nitrogens with one attached hydrogen (secondary N) is 3. The molecule has 0 saturated carbocycles. The van der Waals surface area contributed by atoms with E-state index in [4.69, 9.17) is 9.72 Å². The van der Waals surface area contributed by atoms with E-state index in [-0.39, 0.29) is 31.5 Å². The number of aromatic nitrogens is 2. The molecule has 0 aliphatic carbocycles. The summed E-state index contributed by atoms with van der Waals surface area (Å²) in [7, 11) is 1.60. The molecule has 3 heterocycles. The highest BCUT2D eigenvalue weighted by Gasteiger charge is 2.44. The number of carboxylic acid groups (broad SMARTS) is 1. The standard InChI is InChI=1S/C39H58N8O7S2/c1-24(2)35-41-27(23-56-35)19-46(44-33(49)31(38(3,4)5)43-36(51)52)20-29(48)28(17-25-13-11-10-12-14-25)42-34(50)32(39(6,7)8)47-16-15-45(37(47)53)18-26-22-55-30(40-26)21-54-9/h10-14,22-24,28-29,31-32,43,48H,15-21H2,1-9H3,(H,42,50)(H,44,49)(H,51,52)/t28-,29-,31+,32+/m0/s1. The van der Waals surface area contributed by atoms with E-state index in [9.17, 15) is 29.4 Å². The number of aliphatic hydroxyl groups is 1. The number of rotatable bonds is 18. The summed E-state index contributed by atoms with van der Waals surface area (Å²) in [6.45, 7) is 16.4. The molecular formula is C39H58N8O7S2. The fraction of sp³-hybridized carbons (Fsp3) is 0.590. The number of nitrogens with zero attached hydrogens (tertiary/aromatic N) is 5. The molecule has 15 nitrogen and oxygen atoms in total. The maximum atomic E-state index is 14.5. The van der Waals surface area contributed by atoms with E-state index in [1.807, 2.05) is 75.7 Å². The predicted octanol–water partition coefficient (Wildman–Crippen LogP) is 4.83. The highest BCUT2D eigenvalue weighted by atomic mass is 32.1. The van der Waals surface area contributed by atoms with E-state index >= 15 is 0 Å². The second kappa shape index (κ2) is 19.3. The third kappa shape index (κ3) is 12.4. The van der Waals surface area contributed by atoms with E-state index in [1.165, 1.54) is 27.7 Å². The first-order valence-corrected chi connectivity index (χ1v) is 20.5. The molecule has 1 aromatic carbocycles. The average molecular weight is 815 g/mol. The molecule has 0 spiro atoms. The molecule has 56 heavy (non-hydrogen) atoms. The highest BCUT2D eigenvalue weighted by molar-refractivity contribution is 7.10. The number of benzene rings is 1. The summed E-state index contributed by atoms with van der Waals surface area (Å²) < 4.78 is 5.19. The van der Waals surface area contributed by atoms with E-state index in [2.05, 4.69) is 21.0 Å². The minimum Gasteiger partial charge on any atom is -0.465 e. The van der Waals surface area contributed by atoms with Crippen molar-refractivity contribution in [2.45, 2.75) is 112 Å². The van der Waals surface area contributed by atoms with Gasteiger partial charge in [0.15, 0.2) is 0 Å². The van der Waals surface area contributed by atoms with Crippen LogP contribution in [0.15, 0.2) is 41.1 Å². The number of hydrogen-bond acceptors (Lipinski definition) is 11. The van der Waals surface area contributed by atoms with Crippen LogP contribution in [-0.2, 0) is 40.4 Å². The molecule has 3 aromatic rings. The Bertz CT molecular complexity index is 1770. The summed E-state index contributed by atoms with van der Waals surface area (Å²) >= 11 is 2.96. The summed E-state index contributed by atoms with van der Waals surface area (Å²) in [5, 5.41) is 34.0. The molecule has 4 rings (SSSR count). The first-order chi connectivity index (χ1) is 26.3. The molecule has 5 N–H and O–H groups in total. The lowest BCUT2D eigenvalue weighted by Gasteiger charge is -2.38. The minimum atomic E-state index is -1.34. The van der Waals surface area contributed by atoms with Gasteiger partial charge in [-0.05, 0) is 22.8 Å². The molecular weight excluding hydrogens is 757 g/mol. The Kier molecular flexibility index (Phi) is 15.4. The number of thiazole rings is 2. The second-order valence-electron chi connectivity index (χ2n) is 16.6. The fourth-order valence-electron chi connectivity index (χ4n) is 6.59. The van der Waals surface area contributed by atoms with Gasteiger partial charge in [-0.3, -0.25) is 15.0 Å². The lowest BCUT2D eigenvalue weighted by molar-refractivity contribution is -0.133. The lowest BCUT2D eigenvalue weighted by atomic mass is 9.84. The number of hydrazine groups is 1. The number of ether oxygens (including phenoxy) is 1. The zero-order chi connectivity index (χ0) is 41.4. The van der Waals surface area contributed by atoms with Crippen LogP contribution < -0.4 is 16.1 Å². The molecule has 0 radical (unpaired) electrons.